The van der Waals surface area contributed by atoms with Crippen LogP contribution >= 0.6 is 11.3 Å². The first-order valence-electron chi connectivity index (χ1n) is 13.8. The molecule has 4 rings (SSSR count). The van der Waals surface area contributed by atoms with Crippen molar-refractivity contribution in [1.82, 2.24) is 20.5 Å². The number of aliphatic hydroxyl groups excluding tert-OH is 1. The van der Waals surface area contributed by atoms with Gasteiger partial charge in [0.25, 0.3) is 5.91 Å². The fourth-order valence-corrected chi connectivity index (χ4v) is 5.97. The Bertz CT molecular complexity index is 1260. The molecule has 2 aliphatic rings. The van der Waals surface area contributed by atoms with Gasteiger partial charge in [0.2, 0.25) is 11.8 Å². The van der Waals surface area contributed by atoms with Crippen molar-refractivity contribution in [2.45, 2.75) is 97.6 Å². The second-order valence-corrected chi connectivity index (χ2v) is 14.2. The molecule has 8 nitrogen and oxygen atoms in total. The number of thiazole rings is 1. The summed E-state index contributed by atoms with van der Waals surface area (Å²) >= 11 is 1.58. The summed E-state index contributed by atoms with van der Waals surface area (Å²) in [6, 6.07) is 5.68. The SMILES string of the molecule is Cc1ncsc1-c1ccc([C@@H](NC(=O)[C@@H]2C[C@@H](O)CN2C(=O)[C@@H](NC(=O)C2(F)CC2)C(C)(C)C)C(C)(C)C)cc1. The van der Waals surface area contributed by atoms with Crippen LogP contribution in [0.25, 0.3) is 10.4 Å². The van der Waals surface area contributed by atoms with Crippen molar-refractivity contribution in [1.29, 1.82) is 0 Å². The van der Waals surface area contributed by atoms with E-state index in [1.54, 1.807) is 32.1 Å². The number of hydrogen-bond donors (Lipinski definition) is 3. The maximum absolute atomic E-state index is 14.4. The number of carbonyl (C=O) groups is 3. The second kappa shape index (κ2) is 10.9. The van der Waals surface area contributed by atoms with Crippen molar-refractivity contribution in [2.75, 3.05) is 6.54 Å². The number of benzene rings is 1. The summed E-state index contributed by atoms with van der Waals surface area (Å²) in [7, 11) is 0. The molecular weight excluding hydrogens is 531 g/mol. The molecule has 2 fully saturated rings. The number of nitrogens with zero attached hydrogens (tertiary/aromatic N) is 2. The molecule has 1 aliphatic heterocycles. The Balaban J connectivity index is 1.55. The number of halogens is 1. The maximum Gasteiger partial charge on any atom is 0.258 e. The molecule has 1 saturated carbocycles. The molecule has 2 heterocycles. The van der Waals surface area contributed by atoms with Gasteiger partial charge in [0, 0.05) is 13.0 Å². The monoisotopic (exact) mass is 572 g/mol. The van der Waals surface area contributed by atoms with E-state index in [4.69, 9.17) is 0 Å². The topological polar surface area (TPSA) is 112 Å². The smallest absolute Gasteiger partial charge is 0.258 e. The zero-order chi connectivity index (χ0) is 29.6. The first-order valence-corrected chi connectivity index (χ1v) is 14.7. The average Bonchev–Trinajstić information content (AvgIpc) is 3.27. The van der Waals surface area contributed by atoms with Crippen molar-refractivity contribution in [3.05, 3.63) is 41.0 Å². The van der Waals surface area contributed by atoms with Gasteiger partial charge in [-0.15, -0.1) is 11.3 Å². The van der Waals surface area contributed by atoms with Crippen molar-refractivity contribution in [2.24, 2.45) is 10.8 Å². The van der Waals surface area contributed by atoms with Gasteiger partial charge < -0.3 is 20.6 Å². The predicted molar refractivity (Wildman–Crippen MR) is 153 cm³/mol. The van der Waals surface area contributed by atoms with E-state index in [0.29, 0.717) is 0 Å². The Kier molecular flexibility index (Phi) is 8.17. The normalized spacial score (nSPS) is 22.0. The van der Waals surface area contributed by atoms with Crippen molar-refractivity contribution < 1.29 is 23.9 Å². The number of alkyl halides is 1. The summed E-state index contributed by atoms with van der Waals surface area (Å²) in [6.45, 7) is 13.4. The maximum atomic E-state index is 14.4. The number of likely N-dealkylation sites (tertiary alicyclic amines) is 1. The van der Waals surface area contributed by atoms with Gasteiger partial charge in [0.05, 0.1) is 28.2 Å². The first-order chi connectivity index (χ1) is 18.5. The number of β-amino-alcohol motifs (C(OH)–C–C–N with tert-alkyl or cyclic N) is 1. The van der Waals surface area contributed by atoms with Crippen LogP contribution in [0.5, 0.6) is 0 Å². The molecular formula is C30H41FN4O4S. The molecule has 1 aromatic carbocycles. The van der Waals surface area contributed by atoms with Crippen molar-refractivity contribution in [3.8, 4) is 10.4 Å². The molecule has 40 heavy (non-hydrogen) atoms. The molecule has 3 N–H and O–H groups in total. The summed E-state index contributed by atoms with van der Waals surface area (Å²) < 4.78 is 14.4. The van der Waals surface area contributed by atoms with E-state index < -0.39 is 41.1 Å². The minimum absolute atomic E-state index is 0.0385. The van der Waals surface area contributed by atoms with Gasteiger partial charge in [0.1, 0.15) is 12.1 Å². The lowest BCUT2D eigenvalue weighted by atomic mass is 9.82. The molecule has 0 bridgehead atoms. The van der Waals surface area contributed by atoms with Crippen LogP contribution in [0.4, 0.5) is 4.39 Å². The van der Waals surface area contributed by atoms with E-state index >= 15 is 0 Å². The molecule has 2 aromatic rings. The third kappa shape index (κ3) is 6.38. The van der Waals surface area contributed by atoms with Gasteiger partial charge in [0.15, 0.2) is 5.67 Å². The lowest BCUT2D eigenvalue weighted by Crippen LogP contribution is -2.59. The molecule has 218 valence electrons. The number of nitrogens with one attached hydrogen (secondary N) is 2. The Labute approximate surface area is 239 Å². The van der Waals surface area contributed by atoms with E-state index in [1.807, 2.05) is 57.5 Å². The lowest BCUT2D eigenvalue weighted by molar-refractivity contribution is -0.145. The Hall–Kier alpha value is -2.85. The van der Waals surface area contributed by atoms with Crippen LogP contribution in [0.3, 0.4) is 0 Å². The molecule has 0 radical (unpaired) electrons. The standard InChI is InChI=1S/C30H41FN4O4S/c1-17-22(40-16-32-17)18-8-10-19(11-9-18)23(28(2,3)4)33-25(37)21-14-20(36)15-35(21)26(38)24(29(5,6)7)34-27(39)30(31)12-13-30/h8-11,16,20-21,23-24,36H,12-15H2,1-7H3,(H,33,37)(H,34,39)/t20-,21+,23-,24-/m1/s1. The van der Waals surface area contributed by atoms with Crippen LogP contribution in [0.1, 0.15) is 78.1 Å². The summed E-state index contributed by atoms with van der Waals surface area (Å²) in [6.07, 6.45) is -0.537. The number of rotatable bonds is 7. The highest BCUT2D eigenvalue weighted by Gasteiger charge is 2.53. The van der Waals surface area contributed by atoms with Crippen LogP contribution < -0.4 is 10.6 Å². The van der Waals surface area contributed by atoms with Crippen LogP contribution in [-0.4, -0.2) is 63.1 Å². The number of amides is 3. The number of aryl methyl sites for hydroxylation is 1. The summed E-state index contributed by atoms with van der Waals surface area (Å²) in [5.41, 5.74) is 1.72. The van der Waals surface area contributed by atoms with E-state index in [0.717, 1.165) is 21.7 Å². The Morgan fingerprint density at radius 2 is 1.70 bits per heavy atom. The van der Waals surface area contributed by atoms with Crippen molar-refractivity contribution >= 4 is 29.1 Å². The van der Waals surface area contributed by atoms with Gasteiger partial charge in [-0.05, 0) is 41.7 Å². The fourth-order valence-electron chi connectivity index (χ4n) is 5.16. The first kappa shape index (κ1) is 30.1. The summed E-state index contributed by atoms with van der Waals surface area (Å²) in [5, 5.41) is 16.2. The molecule has 1 aromatic heterocycles. The predicted octanol–water partition coefficient (Wildman–Crippen LogP) is 4.32. The van der Waals surface area contributed by atoms with Gasteiger partial charge in [-0.1, -0.05) is 65.8 Å². The molecule has 0 spiro atoms. The van der Waals surface area contributed by atoms with Crippen LogP contribution in [-0.2, 0) is 14.4 Å². The number of aliphatic hydroxyl groups is 1. The summed E-state index contributed by atoms with van der Waals surface area (Å²) in [5.74, 6) is -1.68. The van der Waals surface area contributed by atoms with Gasteiger partial charge in [-0.3, -0.25) is 14.4 Å². The van der Waals surface area contributed by atoms with Crippen molar-refractivity contribution in [3.63, 3.8) is 0 Å². The van der Waals surface area contributed by atoms with Crippen LogP contribution in [0.15, 0.2) is 29.8 Å². The minimum atomic E-state index is -1.93. The van der Waals surface area contributed by atoms with Crippen LogP contribution in [0, 0.1) is 17.8 Å². The van der Waals surface area contributed by atoms with E-state index in [-0.39, 0.29) is 43.2 Å². The molecule has 1 saturated heterocycles. The lowest BCUT2D eigenvalue weighted by Gasteiger charge is -2.37. The minimum Gasteiger partial charge on any atom is -0.391 e. The van der Waals surface area contributed by atoms with E-state index in [9.17, 15) is 23.9 Å². The van der Waals surface area contributed by atoms with E-state index in [1.165, 1.54) is 4.90 Å². The highest BCUT2D eigenvalue weighted by Crippen LogP contribution is 2.41. The second-order valence-electron chi connectivity index (χ2n) is 13.3. The highest BCUT2D eigenvalue weighted by atomic mass is 32.1. The average molecular weight is 573 g/mol. The Morgan fingerprint density at radius 1 is 1.07 bits per heavy atom. The molecule has 0 unspecified atom stereocenters. The largest absolute Gasteiger partial charge is 0.391 e. The fraction of sp³-hybridized carbons (Fsp3) is 0.600. The molecule has 1 aliphatic carbocycles. The van der Waals surface area contributed by atoms with Gasteiger partial charge in [-0.2, -0.15) is 0 Å². The zero-order valence-electron chi connectivity index (χ0n) is 24.4. The molecule has 3 amide bonds. The quantitative estimate of drug-likeness (QED) is 0.458. The van der Waals surface area contributed by atoms with Gasteiger partial charge >= 0.3 is 0 Å². The zero-order valence-corrected chi connectivity index (χ0v) is 25.2. The molecule has 4 atom stereocenters. The number of carbonyl (C=O) groups excluding carboxylic acids is 3. The Morgan fingerprint density at radius 3 is 2.20 bits per heavy atom. The summed E-state index contributed by atoms with van der Waals surface area (Å²) in [4.78, 5) is 46.8. The number of aromatic nitrogens is 1. The third-order valence-electron chi connectivity index (χ3n) is 7.75. The van der Waals surface area contributed by atoms with Gasteiger partial charge in [-0.25, -0.2) is 9.37 Å². The van der Waals surface area contributed by atoms with Crippen LogP contribution in [0.2, 0.25) is 0 Å². The highest BCUT2D eigenvalue weighted by molar-refractivity contribution is 7.13. The number of hydrogen-bond acceptors (Lipinski definition) is 6. The molecule has 10 heteroatoms. The third-order valence-corrected chi connectivity index (χ3v) is 8.73. The van der Waals surface area contributed by atoms with E-state index in [2.05, 4.69) is 15.6 Å².